The van der Waals surface area contributed by atoms with Gasteiger partial charge in [0.25, 0.3) is 0 Å². The molecule has 1 aliphatic heterocycles. The molecule has 2 N–H and O–H groups in total. The van der Waals surface area contributed by atoms with E-state index in [1.165, 1.54) is 6.07 Å². The normalized spacial score (nSPS) is 15.3. The lowest BCUT2D eigenvalue weighted by molar-refractivity contribution is -0.117. The first-order chi connectivity index (χ1) is 16.3. The summed E-state index contributed by atoms with van der Waals surface area (Å²) >= 11 is 6.27. The Morgan fingerprint density at radius 2 is 1.85 bits per heavy atom. The zero-order chi connectivity index (χ0) is 24.2. The van der Waals surface area contributed by atoms with Gasteiger partial charge < -0.3 is 10.6 Å². The minimum absolute atomic E-state index is 0.0496. The third-order valence-electron chi connectivity index (χ3n) is 5.49. The van der Waals surface area contributed by atoms with Crippen LogP contribution in [-0.2, 0) is 16.0 Å². The Kier molecular flexibility index (Phi) is 7.08. The van der Waals surface area contributed by atoms with Gasteiger partial charge in [-0.1, -0.05) is 55.8 Å². The second-order valence-corrected chi connectivity index (χ2v) is 9.13. The molecule has 7 heteroatoms. The summed E-state index contributed by atoms with van der Waals surface area (Å²) in [6, 6.07) is 18.0. The van der Waals surface area contributed by atoms with Crippen LogP contribution in [0.25, 0.3) is 0 Å². The number of benzodiazepines with no additional fused rings is 1. The molecule has 3 aromatic rings. The molecule has 2 amide bonds. The fourth-order valence-electron chi connectivity index (χ4n) is 3.86. The first-order valence-corrected chi connectivity index (χ1v) is 11.5. The number of carbonyl (C=O) groups is 2. The Labute approximate surface area is 203 Å². The van der Waals surface area contributed by atoms with Crippen molar-refractivity contribution < 1.29 is 14.0 Å². The van der Waals surface area contributed by atoms with Crippen LogP contribution in [0, 0.1) is 11.7 Å². The lowest BCUT2D eigenvalue weighted by Crippen LogP contribution is -2.28. The van der Waals surface area contributed by atoms with Crippen LogP contribution in [0.3, 0.4) is 0 Å². The van der Waals surface area contributed by atoms with Gasteiger partial charge in [0.15, 0.2) is 0 Å². The minimum Gasteiger partial charge on any atom is -0.326 e. The van der Waals surface area contributed by atoms with Crippen LogP contribution in [0.5, 0.6) is 0 Å². The van der Waals surface area contributed by atoms with Crippen LogP contribution >= 0.6 is 11.6 Å². The number of benzene rings is 3. The number of hydrogen-bond acceptors (Lipinski definition) is 3. The lowest BCUT2D eigenvalue weighted by Gasteiger charge is -2.13. The number of hydrogen-bond donors (Lipinski definition) is 2. The number of nitrogens with zero attached hydrogens (tertiary/aromatic N) is 1. The molecular weight excluding hydrogens is 453 g/mol. The molecule has 1 aliphatic rings. The Morgan fingerprint density at radius 3 is 2.56 bits per heavy atom. The summed E-state index contributed by atoms with van der Waals surface area (Å²) in [7, 11) is 0. The van der Waals surface area contributed by atoms with Crippen molar-refractivity contribution in [3.63, 3.8) is 0 Å². The third-order valence-corrected chi connectivity index (χ3v) is 5.72. The van der Waals surface area contributed by atoms with Gasteiger partial charge in [-0.2, -0.15) is 0 Å². The largest absolute Gasteiger partial charge is 0.326 e. The van der Waals surface area contributed by atoms with Gasteiger partial charge in [-0.05, 0) is 47.9 Å². The van der Waals surface area contributed by atoms with Gasteiger partial charge in [-0.3, -0.25) is 14.6 Å². The van der Waals surface area contributed by atoms with Gasteiger partial charge in [0.05, 0.1) is 11.4 Å². The molecule has 0 aliphatic carbocycles. The van der Waals surface area contributed by atoms with Gasteiger partial charge in [0.1, 0.15) is 11.9 Å². The SMILES string of the molecule is CC(C)CC(=O)Nc1ccc(C2=NC(Cc3ccccc3F)C(=O)Nc3ccc(Cl)cc32)cc1. The summed E-state index contributed by atoms with van der Waals surface area (Å²) in [4.78, 5) is 29.9. The number of anilines is 2. The van der Waals surface area contributed by atoms with Crippen LogP contribution < -0.4 is 10.6 Å². The van der Waals surface area contributed by atoms with Crippen molar-refractivity contribution in [2.45, 2.75) is 32.7 Å². The van der Waals surface area contributed by atoms with E-state index >= 15 is 0 Å². The summed E-state index contributed by atoms with van der Waals surface area (Å²) in [6.07, 6.45) is 0.554. The van der Waals surface area contributed by atoms with Crippen LogP contribution in [0.4, 0.5) is 15.8 Å². The first-order valence-electron chi connectivity index (χ1n) is 11.1. The monoisotopic (exact) mass is 477 g/mol. The quantitative estimate of drug-likeness (QED) is 0.466. The maximum Gasteiger partial charge on any atom is 0.249 e. The third kappa shape index (κ3) is 5.51. The zero-order valence-corrected chi connectivity index (χ0v) is 19.7. The van der Waals surface area contributed by atoms with Gasteiger partial charge in [-0.25, -0.2) is 4.39 Å². The molecule has 1 heterocycles. The highest BCUT2D eigenvalue weighted by Gasteiger charge is 2.27. The Morgan fingerprint density at radius 1 is 1.12 bits per heavy atom. The van der Waals surface area contributed by atoms with Crippen LogP contribution in [-0.4, -0.2) is 23.6 Å². The van der Waals surface area contributed by atoms with Gasteiger partial charge >= 0.3 is 0 Å². The van der Waals surface area contributed by atoms with E-state index in [0.717, 1.165) is 5.56 Å². The van der Waals surface area contributed by atoms with Crippen molar-refractivity contribution in [2.75, 3.05) is 10.6 Å². The highest BCUT2D eigenvalue weighted by Crippen LogP contribution is 2.29. The molecule has 0 saturated heterocycles. The number of halogens is 2. The van der Waals surface area contributed by atoms with E-state index in [9.17, 15) is 14.0 Å². The van der Waals surface area contributed by atoms with E-state index in [1.54, 1.807) is 48.5 Å². The molecule has 3 aromatic carbocycles. The molecule has 1 atom stereocenters. The standard InChI is InChI=1S/C27H25ClFN3O2/c1-16(2)13-25(33)30-20-10-7-17(8-11-20)26-21-15-19(28)9-12-23(21)32-27(34)24(31-26)14-18-5-3-4-6-22(18)29/h3-12,15-16,24H,13-14H2,1-2H3,(H,30,33)(H,32,34). The number of aliphatic imine (C=N–C) groups is 1. The van der Waals surface area contributed by atoms with Crippen molar-refractivity contribution in [1.82, 2.24) is 0 Å². The average Bonchev–Trinajstić information content (AvgIpc) is 2.92. The van der Waals surface area contributed by atoms with Gasteiger partial charge in [0.2, 0.25) is 11.8 Å². The summed E-state index contributed by atoms with van der Waals surface area (Å²) in [5.74, 6) is -0.485. The fourth-order valence-corrected chi connectivity index (χ4v) is 4.03. The fraction of sp³-hybridized carbons (Fsp3) is 0.222. The van der Waals surface area contributed by atoms with E-state index in [2.05, 4.69) is 10.6 Å². The summed E-state index contributed by atoms with van der Waals surface area (Å²) in [5.41, 5.74) is 3.66. The van der Waals surface area contributed by atoms with E-state index in [0.29, 0.717) is 39.7 Å². The maximum atomic E-state index is 14.3. The zero-order valence-electron chi connectivity index (χ0n) is 18.9. The molecule has 0 fully saturated rings. The number of amides is 2. The van der Waals surface area contributed by atoms with Crippen molar-refractivity contribution in [2.24, 2.45) is 10.9 Å². The molecular formula is C27H25ClFN3O2. The number of fused-ring (bicyclic) bond motifs is 1. The van der Waals surface area contributed by atoms with Crippen LogP contribution in [0.1, 0.15) is 37.0 Å². The topological polar surface area (TPSA) is 70.6 Å². The van der Waals surface area contributed by atoms with Gasteiger partial charge in [0, 0.05) is 34.7 Å². The Balaban J connectivity index is 1.71. The van der Waals surface area contributed by atoms with Crippen molar-refractivity contribution in [3.8, 4) is 0 Å². The van der Waals surface area contributed by atoms with E-state index in [1.807, 2.05) is 26.0 Å². The molecule has 174 valence electrons. The Hall–Kier alpha value is -3.51. The molecule has 4 rings (SSSR count). The summed E-state index contributed by atoms with van der Waals surface area (Å²) in [6.45, 7) is 3.98. The molecule has 1 unspecified atom stereocenters. The number of nitrogens with one attached hydrogen (secondary N) is 2. The molecule has 0 aromatic heterocycles. The highest BCUT2D eigenvalue weighted by molar-refractivity contribution is 6.32. The summed E-state index contributed by atoms with van der Waals surface area (Å²) in [5, 5.41) is 6.30. The first kappa shape index (κ1) is 23.6. The smallest absolute Gasteiger partial charge is 0.249 e. The molecule has 0 saturated carbocycles. The second kappa shape index (κ2) is 10.2. The van der Waals surface area contributed by atoms with Gasteiger partial charge in [-0.15, -0.1) is 0 Å². The predicted molar refractivity (Wildman–Crippen MR) is 134 cm³/mol. The van der Waals surface area contributed by atoms with E-state index in [-0.39, 0.29) is 30.0 Å². The highest BCUT2D eigenvalue weighted by atomic mass is 35.5. The average molecular weight is 478 g/mol. The molecule has 0 spiro atoms. The van der Waals surface area contributed by atoms with Crippen molar-refractivity contribution in [1.29, 1.82) is 0 Å². The second-order valence-electron chi connectivity index (χ2n) is 8.69. The molecule has 34 heavy (non-hydrogen) atoms. The van der Waals surface area contributed by atoms with Crippen LogP contribution in [0.2, 0.25) is 5.02 Å². The van der Waals surface area contributed by atoms with Crippen molar-refractivity contribution in [3.05, 3.63) is 94.3 Å². The van der Waals surface area contributed by atoms with E-state index in [4.69, 9.17) is 16.6 Å². The van der Waals surface area contributed by atoms with Crippen LogP contribution in [0.15, 0.2) is 71.7 Å². The molecule has 0 bridgehead atoms. The van der Waals surface area contributed by atoms with Crippen molar-refractivity contribution >= 4 is 40.5 Å². The predicted octanol–water partition coefficient (Wildman–Crippen LogP) is 5.86. The lowest BCUT2D eigenvalue weighted by atomic mass is 10.00. The Bertz CT molecular complexity index is 1250. The minimum atomic E-state index is -0.830. The summed E-state index contributed by atoms with van der Waals surface area (Å²) < 4.78 is 14.3. The molecule has 5 nitrogen and oxygen atoms in total. The van der Waals surface area contributed by atoms with E-state index < -0.39 is 6.04 Å². The molecule has 0 radical (unpaired) electrons. The number of rotatable bonds is 6. The maximum absolute atomic E-state index is 14.3. The number of carbonyl (C=O) groups excluding carboxylic acids is 2.